The Kier molecular flexibility index (Phi) is 10.3. The molecule has 4 aromatic heterocycles. The van der Waals surface area contributed by atoms with Crippen LogP contribution in [0.1, 0.15) is 148 Å². The van der Waals surface area contributed by atoms with Crippen molar-refractivity contribution in [2.24, 2.45) is 28.2 Å². The molecule has 4 aromatic carbocycles. The molecule has 8 aromatic rings. The Morgan fingerprint density at radius 3 is 1.20 bits per heavy atom. The maximum atomic E-state index is 8.24. The highest BCUT2D eigenvalue weighted by Gasteiger charge is 2.20. The summed E-state index contributed by atoms with van der Waals surface area (Å²) in [6.45, 7) is 2.70. The van der Waals surface area contributed by atoms with Crippen LogP contribution in [-0.2, 0) is 34.6 Å². The van der Waals surface area contributed by atoms with Crippen LogP contribution in [0.5, 0.6) is 0 Å². The van der Waals surface area contributed by atoms with E-state index in [-0.39, 0.29) is 22.3 Å². The van der Waals surface area contributed by atoms with Gasteiger partial charge in [0.2, 0.25) is 22.8 Å². The smallest absolute Gasteiger partial charge is 0.201 e. The normalized spacial score (nSPS) is 18.1. The summed E-state index contributed by atoms with van der Waals surface area (Å²) in [5.41, 5.74) is 17.7. The van der Waals surface area contributed by atoms with E-state index in [1.165, 1.54) is 24.1 Å². The number of pyridine rings is 4. The highest BCUT2D eigenvalue weighted by Crippen LogP contribution is 2.29. The number of hydrogen-bond acceptors (Lipinski definition) is 0. The maximum Gasteiger partial charge on any atom is 0.215 e. The van der Waals surface area contributed by atoms with Gasteiger partial charge < -0.3 is 0 Å². The van der Waals surface area contributed by atoms with Crippen molar-refractivity contribution in [3.63, 3.8) is 0 Å². The molecule has 0 aliphatic heterocycles. The molecule has 1 atom stereocenters. The maximum absolute atomic E-state index is 8.24. The van der Waals surface area contributed by atoms with E-state index in [9.17, 15) is 0 Å². The van der Waals surface area contributed by atoms with Gasteiger partial charge in [-0.05, 0) is 190 Å². The summed E-state index contributed by atoms with van der Waals surface area (Å²) >= 11 is 0. The molecule has 1 unspecified atom stereocenters. The topological polar surface area (TPSA) is 15.5 Å². The summed E-state index contributed by atoms with van der Waals surface area (Å²) in [7, 11) is 7.36. The summed E-state index contributed by atoms with van der Waals surface area (Å²) < 4.78 is 189. The van der Waals surface area contributed by atoms with Crippen LogP contribution in [0.4, 0.5) is 0 Å². The molecule has 0 aliphatic rings. The zero-order valence-corrected chi connectivity index (χ0v) is 43.8. The Hall–Kier alpha value is -6.52. The van der Waals surface area contributed by atoms with Gasteiger partial charge in [-0.3, -0.25) is 0 Å². The predicted octanol–water partition coefficient (Wildman–Crippen LogP) is 14.7. The summed E-state index contributed by atoms with van der Waals surface area (Å²) in [5.74, 6) is -1.70. The van der Waals surface area contributed by atoms with Crippen molar-refractivity contribution in [1.29, 1.82) is 0 Å². The fraction of sp³-hybridized carbons (Fsp3) is 0.343. The number of nitrogens with zero attached hydrogens (tertiary/aromatic N) is 4. The third-order valence-electron chi connectivity index (χ3n) is 12.6. The average molecular weight is 972 g/mol. The van der Waals surface area contributed by atoms with Crippen LogP contribution in [0.2, 0.25) is 0 Å². The van der Waals surface area contributed by atoms with Gasteiger partial charge >= 0.3 is 0 Å². The van der Waals surface area contributed by atoms with Gasteiger partial charge in [-0.15, -0.1) is 0 Å². The van der Waals surface area contributed by atoms with E-state index < -0.39 is 60.2 Å². The molecular formula is C67H86N4+4. The van der Waals surface area contributed by atoms with E-state index in [1.54, 1.807) is 139 Å². The van der Waals surface area contributed by atoms with E-state index in [4.69, 9.17) is 32.9 Å². The van der Waals surface area contributed by atoms with Crippen LogP contribution in [0.15, 0.2) is 122 Å². The Morgan fingerprint density at radius 1 is 0.423 bits per heavy atom. The SMILES string of the molecule is [2H]C([2H])([2H])c1cc(C)c(-c2ccc(C([2H])(C)C([2H])([2H])[2H])cc2C)[n+](C)c1.[2H]C([2H])([2H])c1cc(C)c(-c2ccc(C([2H])([2H])C([2H])([2H])[2H])cc2C)[n+](C)c1.[2H]C([2H])([2H])c1ccc(-c2c(C)c(C)cc[n+]2C)c(C)c1.[2H]C([2H])([2H])c1ccc(-c2c(C)cc(C([2H])([2H])[2H])c[n+]2C)c(C)c1. The second kappa shape index (κ2) is 24.1. The molecule has 0 radical (unpaired) electrons. The van der Waals surface area contributed by atoms with Crippen LogP contribution in [0.25, 0.3) is 45.0 Å². The van der Waals surface area contributed by atoms with E-state index in [0.717, 1.165) is 84.0 Å². The molecule has 0 bridgehead atoms. The lowest BCUT2D eigenvalue weighted by atomic mass is 9.94. The second-order valence-corrected chi connectivity index (χ2v) is 18.6. The lowest BCUT2D eigenvalue weighted by Crippen LogP contribution is -2.32. The molecule has 0 N–H and O–H groups in total. The number of rotatable bonds is 6. The van der Waals surface area contributed by atoms with Gasteiger partial charge in [0.15, 0.2) is 24.8 Å². The first-order valence-corrected chi connectivity index (χ1v) is 23.4. The van der Waals surface area contributed by atoms with Crippen molar-refractivity contribution in [2.75, 3.05) is 0 Å². The van der Waals surface area contributed by atoms with Gasteiger partial charge in [0.1, 0.15) is 28.2 Å². The molecule has 4 heterocycles. The van der Waals surface area contributed by atoms with Crippen LogP contribution >= 0.6 is 0 Å². The first-order valence-electron chi connectivity index (χ1n) is 35.4. The quantitative estimate of drug-likeness (QED) is 0.148. The lowest BCUT2D eigenvalue weighted by Gasteiger charge is -2.11. The van der Waals surface area contributed by atoms with Crippen LogP contribution in [-0.4, -0.2) is 0 Å². The van der Waals surface area contributed by atoms with Crippen molar-refractivity contribution < 1.29 is 51.2 Å². The standard InChI is InChI=1S/C18H24N.C17H22N.2C16H20N/c1-12(2)16-7-8-17(14(4)10-16)18-15(5)9-13(3)11-19(18)6;1-6-15-7-8-16(13(3)10-15)17-14(4)9-12(2)11-18(17)5;1-11-6-7-15(13(3)8-11)16-14(4)9-12(2)10-17(16)5;1-11-6-7-15(13(3)10-11)16-14(4)12(2)8-9-17(16)5/h7-12H,1-6H3;7-11H,6H2,1-5H3;2*6-10H,1-5H3/q4*+1/i1D3,3D3,12D;1D3,2D3,6D2;1D3,2D3;1D3. The molecule has 4 heteroatoms. The Bertz CT molecular complexity index is 3910. The number of benzene rings is 4. The van der Waals surface area contributed by atoms with E-state index in [0.29, 0.717) is 16.7 Å². The number of hydrogen-bond donors (Lipinski definition) is 0. The average Bonchev–Trinajstić information content (AvgIpc) is 0.785. The van der Waals surface area contributed by atoms with Crippen molar-refractivity contribution in [3.8, 4) is 45.0 Å². The highest BCUT2D eigenvalue weighted by molar-refractivity contribution is 5.68. The molecule has 71 heavy (non-hydrogen) atoms. The van der Waals surface area contributed by atoms with Gasteiger partial charge in [0.25, 0.3) is 0 Å². The molecule has 4 nitrogen and oxygen atoms in total. The molecule has 0 fully saturated rings. The molecule has 0 amide bonds. The minimum atomic E-state index is -2.76. The van der Waals surface area contributed by atoms with Crippen LogP contribution < -0.4 is 18.3 Å². The highest BCUT2D eigenvalue weighted by atomic mass is 14.9. The van der Waals surface area contributed by atoms with Gasteiger partial charge in [-0.1, -0.05) is 80.3 Å². The van der Waals surface area contributed by atoms with Crippen LogP contribution in [0, 0.1) is 96.6 Å². The van der Waals surface area contributed by atoms with Crippen molar-refractivity contribution in [2.45, 2.75) is 129 Å². The van der Waals surface area contributed by atoms with Gasteiger partial charge in [0.05, 0.1) is 0 Å². The first kappa shape index (κ1) is 30.4. The Balaban J connectivity index is 0.000000230. The molecule has 0 spiro atoms. The predicted molar refractivity (Wildman–Crippen MR) is 302 cm³/mol. The first-order chi connectivity index (χ1) is 42.9. The third kappa shape index (κ3) is 13.7. The second-order valence-electron chi connectivity index (χ2n) is 18.6. The minimum absolute atomic E-state index is 0.0955. The van der Waals surface area contributed by atoms with E-state index >= 15 is 0 Å². The van der Waals surface area contributed by atoms with Crippen molar-refractivity contribution >= 4 is 0 Å². The Morgan fingerprint density at radius 2 is 0.817 bits per heavy atom. The molecule has 0 saturated heterocycles. The zero-order chi connectivity index (χ0) is 72.8. The fourth-order valence-electron chi connectivity index (χ4n) is 9.17. The molecule has 8 rings (SSSR count). The molecular weight excluding hydrogens is 861 g/mol. The zero-order valence-electron chi connectivity index (χ0n) is 67.8. The van der Waals surface area contributed by atoms with Crippen molar-refractivity contribution in [3.05, 3.63) is 211 Å². The Labute approximate surface area is 464 Å². The van der Waals surface area contributed by atoms with Crippen LogP contribution in [0.3, 0.4) is 0 Å². The molecule has 0 aliphatic carbocycles. The largest absolute Gasteiger partial charge is 0.215 e. The third-order valence-corrected chi connectivity index (χ3v) is 12.6. The summed E-state index contributed by atoms with van der Waals surface area (Å²) in [4.78, 5) is 0. The number of aryl methyl sites for hydroxylation is 18. The summed E-state index contributed by atoms with van der Waals surface area (Å²) in [6.07, 6.45) is 4.35. The van der Waals surface area contributed by atoms with E-state index in [1.807, 2.05) is 60.9 Å². The lowest BCUT2D eigenvalue weighted by molar-refractivity contribution is -0.661. The van der Waals surface area contributed by atoms with Gasteiger partial charge in [0, 0.05) is 100 Å². The van der Waals surface area contributed by atoms with E-state index in [2.05, 4.69) is 24.5 Å². The molecule has 370 valence electrons. The minimum Gasteiger partial charge on any atom is -0.201 e. The number of aromatic nitrogens is 4. The molecule has 0 saturated carbocycles. The van der Waals surface area contributed by atoms with Gasteiger partial charge in [-0.2, -0.15) is 0 Å². The summed E-state index contributed by atoms with van der Waals surface area (Å²) in [5, 5.41) is 0. The monoisotopic (exact) mass is 971 g/mol. The summed E-state index contributed by atoms with van der Waals surface area (Å²) in [6, 6.07) is 27.4. The van der Waals surface area contributed by atoms with Crippen molar-refractivity contribution in [1.82, 2.24) is 0 Å². The van der Waals surface area contributed by atoms with Gasteiger partial charge in [-0.25, -0.2) is 18.3 Å². The fourth-order valence-corrected chi connectivity index (χ4v) is 9.17.